The third kappa shape index (κ3) is 3.85. The molecule has 0 aliphatic heterocycles. The summed E-state index contributed by atoms with van der Waals surface area (Å²) in [5.41, 5.74) is 0.734. The fourth-order valence-corrected chi connectivity index (χ4v) is 1.89. The summed E-state index contributed by atoms with van der Waals surface area (Å²) in [6, 6.07) is 10.5. The Labute approximate surface area is 123 Å². The second kappa shape index (κ2) is 6.59. The minimum atomic E-state index is -0.268. The molecule has 0 fully saturated rings. The summed E-state index contributed by atoms with van der Waals surface area (Å²) in [6.45, 7) is 2.44. The van der Waals surface area contributed by atoms with Gasteiger partial charge in [-0.2, -0.15) is 0 Å². The van der Waals surface area contributed by atoms with E-state index in [-0.39, 0.29) is 11.9 Å². The van der Waals surface area contributed by atoms with Crippen LogP contribution in [0.4, 0.5) is 5.69 Å². The van der Waals surface area contributed by atoms with E-state index in [0.717, 1.165) is 11.4 Å². The van der Waals surface area contributed by atoms with E-state index in [4.69, 9.17) is 16.0 Å². The van der Waals surface area contributed by atoms with Crippen molar-refractivity contribution in [2.75, 3.05) is 12.4 Å². The minimum Gasteiger partial charge on any atom is -0.468 e. The largest absolute Gasteiger partial charge is 0.468 e. The van der Waals surface area contributed by atoms with Crippen LogP contribution in [-0.2, 0) is 11.3 Å². The van der Waals surface area contributed by atoms with Crippen LogP contribution in [0.3, 0.4) is 0 Å². The highest BCUT2D eigenvalue weighted by Crippen LogP contribution is 2.14. The lowest BCUT2D eigenvalue weighted by molar-refractivity contribution is -0.120. The van der Waals surface area contributed by atoms with E-state index in [0.29, 0.717) is 11.6 Å². The lowest BCUT2D eigenvalue weighted by Crippen LogP contribution is -2.39. The van der Waals surface area contributed by atoms with Crippen LogP contribution in [0.25, 0.3) is 0 Å². The molecule has 1 N–H and O–H groups in total. The summed E-state index contributed by atoms with van der Waals surface area (Å²) in [5, 5.41) is 3.50. The van der Waals surface area contributed by atoms with Crippen molar-refractivity contribution < 1.29 is 9.21 Å². The van der Waals surface area contributed by atoms with Crippen molar-refractivity contribution in [3.05, 3.63) is 53.4 Å². The van der Waals surface area contributed by atoms with Crippen LogP contribution in [0.1, 0.15) is 12.7 Å². The van der Waals surface area contributed by atoms with Crippen LogP contribution in [0.2, 0.25) is 5.02 Å². The standard InChI is InChI=1S/C15H17ClN2O2/c1-11(18(2)10-14-4-3-9-20-14)15(19)17-13-7-5-12(16)6-8-13/h3-9,11H,10H2,1-2H3,(H,17,19)/t11-/m1/s1. The average molecular weight is 293 g/mol. The molecule has 1 atom stereocenters. The minimum absolute atomic E-state index is 0.0682. The van der Waals surface area contributed by atoms with Gasteiger partial charge in [-0.3, -0.25) is 9.69 Å². The molecule has 0 saturated carbocycles. The number of amides is 1. The number of nitrogens with one attached hydrogen (secondary N) is 1. The molecular formula is C15H17ClN2O2. The lowest BCUT2D eigenvalue weighted by atomic mass is 10.2. The van der Waals surface area contributed by atoms with Gasteiger partial charge in [0.25, 0.3) is 0 Å². The number of rotatable bonds is 5. The number of hydrogen-bond donors (Lipinski definition) is 1. The second-order valence-electron chi connectivity index (χ2n) is 4.67. The number of carbonyl (C=O) groups excluding carboxylic acids is 1. The number of anilines is 1. The molecule has 1 amide bonds. The fraction of sp³-hybridized carbons (Fsp3) is 0.267. The number of benzene rings is 1. The predicted molar refractivity (Wildman–Crippen MR) is 79.7 cm³/mol. The Hall–Kier alpha value is -1.78. The maximum Gasteiger partial charge on any atom is 0.241 e. The first-order valence-corrected chi connectivity index (χ1v) is 6.73. The Balaban J connectivity index is 1.92. The Bertz CT molecular complexity index is 552. The van der Waals surface area contributed by atoms with E-state index < -0.39 is 0 Å². The molecule has 4 nitrogen and oxygen atoms in total. The van der Waals surface area contributed by atoms with Crippen LogP contribution in [-0.4, -0.2) is 23.9 Å². The van der Waals surface area contributed by atoms with Gasteiger partial charge in [-0.05, 0) is 50.4 Å². The SMILES string of the molecule is C[C@H](C(=O)Nc1ccc(Cl)cc1)N(C)Cc1ccco1. The number of hydrogen-bond acceptors (Lipinski definition) is 3. The zero-order valence-electron chi connectivity index (χ0n) is 11.5. The summed E-state index contributed by atoms with van der Waals surface area (Å²) >= 11 is 5.81. The molecule has 0 aliphatic carbocycles. The Morgan fingerprint density at radius 1 is 1.35 bits per heavy atom. The van der Waals surface area contributed by atoms with Gasteiger partial charge in [0, 0.05) is 10.7 Å². The van der Waals surface area contributed by atoms with Gasteiger partial charge < -0.3 is 9.73 Å². The summed E-state index contributed by atoms with van der Waals surface area (Å²) in [6.07, 6.45) is 1.63. The molecule has 0 aliphatic rings. The van der Waals surface area contributed by atoms with Crippen molar-refractivity contribution in [2.45, 2.75) is 19.5 Å². The second-order valence-corrected chi connectivity index (χ2v) is 5.10. The van der Waals surface area contributed by atoms with Crippen LogP contribution in [0.15, 0.2) is 47.1 Å². The van der Waals surface area contributed by atoms with E-state index >= 15 is 0 Å². The van der Waals surface area contributed by atoms with Crippen LogP contribution in [0, 0.1) is 0 Å². The van der Waals surface area contributed by atoms with Gasteiger partial charge >= 0.3 is 0 Å². The predicted octanol–water partition coefficient (Wildman–Crippen LogP) is 3.39. The summed E-state index contributed by atoms with van der Waals surface area (Å²) in [5.74, 6) is 0.764. The smallest absolute Gasteiger partial charge is 0.241 e. The number of likely N-dealkylation sites (N-methyl/N-ethyl adjacent to an activating group) is 1. The van der Waals surface area contributed by atoms with Crippen molar-refractivity contribution >= 4 is 23.2 Å². The first-order valence-electron chi connectivity index (χ1n) is 6.35. The fourth-order valence-electron chi connectivity index (χ4n) is 1.77. The zero-order chi connectivity index (χ0) is 14.5. The monoisotopic (exact) mass is 292 g/mol. The van der Waals surface area contributed by atoms with Crippen molar-refractivity contribution in [3.8, 4) is 0 Å². The lowest BCUT2D eigenvalue weighted by Gasteiger charge is -2.22. The molecule has 5 heteroatoms. The molecule has 0 spiro atoms. The molecule has 0 bridgehead atoms. The number of furan rings is 1. The Kier molecular flexibility index (Phi) is 4.82. The van der Waals surface area contributed by atoms with Gasteiger partial charge in [-0.25, -0.2) is 0 Å². The molecule has 0 saturated heterocycles. The van der Waals surface area contributed by atoms with E-state index in [1.807, 2.05) is 31.0 Å². The highest BCUT2D eigenvalue weighted by Gasteiger charge is 2.18. The van der Waals surface area contributed by atoms with Gasteiger partial charge in [0.15, 0.2) is 0 Å². The van der Waals surface area contributed by atoms with Crippen LogP contribution in [0.5, 0.6) is 0 Å². The van der Waals surface area contributed by atoms with Crippen LogP contribution >= 0.6 is 11.6 Å². The number of halogens is 1. The van der Waals surface area contributed by atoms with Gasteiger partial charge in [0.2, 0.25) is 5.91 Å². The highest BCUT2D eigenvalue weighted by atomic mass is 35.5. The van der Waals surface area contributed by atoms with Crippen molar-refractivity contribution in [1.29, 1.82) is 0 Å². The van der Waals surface area contributed by atoms with Gasteiger partial charge in [0.1, 0.15) is 5.76 Å². The Morgan fingerprint density at radius 3 is 2.65 bits per heavy atom. The van der Waals surface area contributed by atoms with E-state index in [1.54, 1.807) is 30.5 Å². The molecule has 20 heavy (non-hydrogen) atoms. The van der Waals surface area contributed by atoms with E-state index in [1.165, 1.54) is 0 Å². The van der Waals surface area contributed by atoms with Crippen molar-refractivity contribution in [1.82, 2.24) is 4.90 Å². The number of carbonyl (C=O) groups is 1. The first-order chi connectivity index (χ1) is 9.56. The van der Waals surface area contributed by atoms with Crippen LogP contribution < -0.4 is 5.32 Å². The normalized spacial score (nSPS) is 12.4. The molecule has 2 rings (SSSR count). The topological polar surface area (TPSA) is 45.5 Å². The van der Waals surface area contributed by atoms with Gasteiger partial charge in [-0.15, -0.1) is 0 Å². The van der Waals surface area contributed by atoms with Crippen molar-refractivity contribution in [3.63, 3.8) is 0 Å². The zero-order valence-corrected chi connectivity index (χ0v) is 12.2. The molecule has 1 aromatic carbocycles. The molecule has 0 radical (unpaired) electrons. The quantitative estimate of drug-likeness (QED) is 0.919. The molecule has 1 heterocycles. The van der Waals surface area contributed by atoms with Crippen molar-refractivity contribution in [2.24, 2.45) is 0 Å². The average Bonchev–Trinajstić information content (AvgIpc) is 2.93. The molecule has 0 unspecified atom stereocenters. The van der Waals surface area contributed by atoms with E-state index in [2.05, 4.69) is 5.32 Å². The third-order valence-electron chi connectivity index (χ3n) is 3.14. The Morgan fingerprint density at radius 2 is 2.05 bits per heavy atom. The van der Waals surface area contributed by atoms with Gasteiger partial charge in [-0.1, -0.05) is 11.6 Å². The third-order valence-corrected chi connectivity index (χ3v) is 3.39. The maximum absolute atomic E-state index is 12.2. The maximum atomic E-state index is 12.2. The van der Waals surface area contributed by atoms with E-state index in [9.17, 15) is 4.79 Å². The number of nitrogens with zero attached hydrogens (tertiary/aromatic N) is 1. The molecular weight excluding hydrogens is 276 g/mol. The summed E-state index contributed by atoms with van der Waals surface area (Å²) in [7, 11) is 1.88. The molecule has 2 aromatic rings. The summed E-state index contributed by atoms with van der Waals surface area (Å²) < 4.78 is 5.28. The highest BCUT2D eigenvalue weighted by molar-refractivity contribution is 6.30. The molecule has 106 valence electrons. The first kappa shape index (κ1) is 14.6. The van der Waals surface area contributed by atoms with Gasteiger partial charge in [0.05, 0.1) is 18.8 Å². The summed E-state index contributed by atoms with van der Waals surface area (Å²) in [4.78, 5) is 14.1. The molecule has 1 aromatic heterocycles.